The van der Waals surface area contributed by atoms with Crippen LogP contribution in [0.2, 0.25) is 0 Å². The summed E-state index contributed by atoms with van der Waals surface area (Å²) in [6.45, 7) is 1.20. The van der Waals surface area contributed by atoms with E-state index in [2.05, 4.69) is 20.5 Å². The lowest BCUT2D eigenvalue weighted by atomic mass is 10.1. The molecule has 0 fully saturated rings. The summed E-state index contributed by atoms with van der Waals surface area (Å²) in [6.07, 6.45) is -2.15. The quantitative estimate of drug-likeness (QED) is 0.819. The molecule has 0 radical (unpaired) electrons. The van der Waals surface area contributed by atoms with Gasteiger partial charge in [-0.15, -0.1) is 0 Å². The van der Waals surface area contributed by atoms with E-state index in [9.17, 15) is 13.2 Å². The minimum atomic E-state index is -4.28. The van der Waals surface area contributed by atoms with Gasteiger partial charge in [0.2, 0.25) is 0 Å². The fourth-order valence-corrected chi connectivity index (χ4v) is 1.60. The normalized spacial score (nSPS) is 11.7. The SMILES string of the molecule is FC(F)(F)c1ccc(CNCCc2ncn[nH]2)cc1. The van der Waals surface area contributed by atoms with Crippen molar-refractivity contribution in [2.75, 3.05) is 6.54 Å². The van der Waals surface area contributed by atoms with Crippen molar-refractivity contribution < 1.29 is 13.2 Å². The van der Waals surface area contributed by atoms with Crippen LogP contribution in [0, 0.1) is 0 Å². The predicted octanol–water partition coefficient (Wildman–Crippen LogP) is 2.16. The molecule has 2 aromatic rings. The second kappa shape index (κ2) is 5.83. The maximum Gasteiger partial charge on any atom is 0.416 e. The van der Waals surface area contributed by atoms with Gasteiger partial charge in [0.05, 0.1) is 5.56 Å². The maximum atomic E-state index is 12.4. The first-order chi connectivity index (χ1) is 9.05. The van der Waals surface area contributed by atoms with Crippen LogP contribution in [0.25, 0.3) is 0 Å². The van der Waals surface area contributed by atoms with Crippen LogP contribution in [0.3, 0.4) is 0 Å². The zero-order valence-corrected chi connectivity index (χ0v) is 10.0. The molecule has 1 aromatic heterocycles. The molecule has 4 nitrogen and oxygen atoms in total. The summed E-state index contributed by atoms with van der Waals surface area (Å²) in [4.78, 5) is 3.97. The Morgan fingerprint density at radius 3 is 2.47 bits per heavy atom. The summed E-state index contributed by atoms with van der Waals surface area (Å²) in [5, 5.41) is 9.58. The minimum absolute atomic E-state index is 0.520. The summed E-state index contributed by atoms with van der Waals surface area (Å²) in [5.41, 5.74) is 0.184. The number of hydrogen-bond donors (Lipinski definition) is 2. The molecule has 0 amide bonds. The Morgan fingerprint density at radius 1 is 1.16 bits per heavy atom. The number of alkyl halides is 3. The van der Waals surface area contributed by atoms with Crippen LogP contribution in [0.5, 0.6) is 0 Å². The molecule has 0 aliphatic rings. The largest absolute Gasteiger partial charge is 0.416 e. The molecule has 0 unspecified atom stereocenters. The number of halogens is 3. The number of aromatic nitrogens is 3. The maximum absolute atomic E-state index is 12.4. The van der Waals surface area contributed by atoms with Gasteiger partial charge in [-0.1, -0.05) is 12.1 Å². The topological polar surface area (TPSA) is 53.6 Å². The molecule has 0 saturated heterocycles. The lowest BCUT2D eigenvalue weighted by molar-refractivity contribution is -0.137. The average molecular weight is 270 g/mol. The van der Waals surface area contributed by atoms with Gasteiger partial charge >= 0.3 is 6.18 Å². The van der Waals surface area contributed by atoms with Crippen molar-refractivity contribution in [3.63, 3.8) is 0 Å². The van der Waals surface area contributed by atoms with Gasteiger partial charge in [0.15, 0.2) is 0 Å². The summed E-state index contributed by atoms with van der Waals surface area (Å²) in [6, 6.07) is 5.13. The molecule has 102 valence electrons. The van der Waals surface area contributed by atoms with Crippen LogP contribution in [-0.2, 0) is 19.1 Å². The van der Waals surface area contributed by atoms with Crippen molar-refractivity contribution in [1.82, 2.24) is 20.5 Å². The monoisotopic (exact) mass is 270 g/mol. The highest BCUT2D eigenvalue weighted by Gasteiger charge is 2.29. The molecule has 0 aliphatic heterocycles. The van der Waals surface area contributed by atoms with Gasteiger partial charge in [-0.2, -0.15) is 18.3 Å². The van der Waals surface area contributed by atoms with Gasteiger partial charge in [0, 0.05) is 19.5 Å². The van der Waals surface area contributed by atoms with Gasteiger partial charge in [0.1, 0.15) is 12.2 Å². The van der Waals surface area contributed by atoms with Gasteiger partial charge in [-0.25, -0.2) is 4.98 Å². The Morgan fingerprint density at radius 2 is 1.89 bits per heavy atom. The zero-order valence-electron chi connectivity index (χ0n) is 10.0. The van der Waals surface area contributed by atoms with Crippen LogP contribution in [-0.4, -0.2) is 21.7 Å². The average Bonchev–Trinajstić information content (AvgIpc) is 2.87. The van der Waals surface area contributed by atoms with Crippen molar-refractivity contribution in [2.45, 2.75) is 19.1 Å². The van der Waals surface area contributed by atoms with Gasteiger partial charge in [-0.05, 0) is 17.7 Å². The van der Waals surface area contributed by atoms with E-state index in [1.54, 1.807) is 0 Å². The van der Waals surface area contributed by atoms with Crippen molar-refractivity contribution in [1.29, 1.82) is 0 Å². The van der Waals surface area contributed by atoms with E-state index in [0.29, 0.717) is 19.5 Å². The molecular formula is C12H13F3N4. The van der Waals surface area contributed by atoms with E-state index in [1.165, 1.54) is 18.5 Å². The molecule has 1 aromatic carbocycles. The lowest BCUT2D eigenvalue weighted by Gasteiger charge is -2.08. The Bertz CT molecular complexity index is 491. The minimum Gasteiger partial charge on any atom is -0.312 e. The number of H-pyrrole nitrogens is 1. The van der Waals surface area contributed by atoms with Crippen LogP contribution < -0.4 is 5.32 Å². The third kappa shape index (κ3) is 4.06. The summed E-state index contributed by atoms with van der Waals surface area (Å²) in [5.74, 6) is 0.778. The fourth-order valence-electron chi connectivity index (χ4n) is 1.60. The molecule has 0 atom stereocenters. The highest BCUT2D eigenvalue weighted by atomic mass is 19.4. The molecule has 2 rings (SSSR count). The number of nitrogens with zero attached hydrogens (tertiary/aromatic N) is 2. The van der Waals surface area contributed by atoms with E-state index in [-0.39, 0.29) is 0 Å². The summed E-state index contributed by atoms with van der Waals surface area (Å²) in [7, 11) is 0. The Hall–Kier alpha value is -1.89. The van der Waals surface area contributed by atoms with Gasteiger partial charge < -0.3 is 5.32 Å². The molecule has 0 bridgehead atoms. The Labute approximate surface area is 108 Å². The van der Waals surface area contributed by atoms with Crippen molar-refractivity contribution in [3.05, 3.63) is 47.5 Å². The molecule has 1 heterocycles. The van der Waals surface area contributed by atoms with Gasteiger partial charge in [0.25, 0.3) is 0 Å². The Balaban J connectivity index is 1.77. The van der Waals surface area contributed by atoms with Crippen LogP contribution in [0.15, 0.2) is 30.6 Å². The third-order valence-corrected chi connectivity index (χ3v) is 2.61. The standard InChI is InChI=1S/C12H13F3N4/c13-12(14,15)10-3-1-9(2-4-10)7-16-6-5-11-17-8-18-19-11/h1-4,8,16H,5-7H2,(H,17,18,19). The second-order valence-electron chi connectivity index (χ2n) is 4.05. The third-order valence-electron chi connectivity index (χ3n) is 2.61. The van der Waals surface area contributed by atoms with Crippen LogP contribution >= 0.6 is 0 Å². The van der Waals surface area contributed by atoms with E-state index in [0.717, 1.165) is 23.5 Å². The lowest BCUT2D eigenvalue weighted by Crippen LogP contribution is -2.17. The second-order valence-corrected chi connectivity index (χ2v) is 4.05. The first-order valence-corrected chi connectivity index (χ1v) is 5.77. The highest BCUT2D eigenvalue weighted by Crippen LogP contribution is 2.28. The van der Waals surface area contributed by atoms with E-state index in [1.807, 2.05) is 0 Å². The summed E-state index contributed by atoms with van der Waals surface area (Å²) >= 11 is 0. The fraction of sp³-hybridized carbons (Fsp3) is 0.333. The molecule has 7 heteroatoms. The van der Waals surface area contributed by atoms with Crippen molar-refractivity contribution in [2.24, 2.45) is 0 Å². The molecular weight excluding hydrogens is 257 g/mol. The predicted molar refractivity (Wildman–Crippen MR) is 63.2 cm³/mol. The summed E-state index contributed by atoms with van der Waals surface area (Å²) < 4.78 is 37.1. The first kappa shape index (κ1) is 13.5. The molecule has 2 N–H and O–H groups in total. The first-order valence-electron chi connectivity index (χ1n) is 5.77. The highest BCUT2D eigenvalue weighted by molar-refractivity contribution is 5.24. The van der Waals surface area contributed by atoms with E-state index in [4.69, 9.17) is 0 Å². The zero-order chi connectivity index (χ0) is 13.7. The molecule has 0 spiro atoms. The molecule has 0 saturated carbocycles. The van der Waals surface area contributed by atoms with Crippen molar-refractivity contribution >= 4 is 0 Å². The van der Waals surface area contributed by atoms with E-state index < -0.39 is 11.7 Å². The van der Waals surface area contributed by atoms with E-state index >= 15 is 0 Å². The number of rotatable bonds is 5. The molecule has 19 heavy (non-hydrogen) atoms. The Kier molecular flexibility index (Phi) is 4.16. The van der Waals surface area contributed by atoms with Crippen LogP contribution in [0.4, 0.5) is 13.2 Å². The number of aromatic amines is 1. The smallest absolute Gasteiger partial charge is 0.312 e. The number of hydrogen-bond acceptors (Lipinski definition) is 3. The van der Waals surface area contributed by atoms with Gasteiger partial charge in [-0.3, -0.25) is 5.10 Å². The number of nitrogens with one attached hydrogen (secondary N) is 2. The number of benzene rings is 1. The van der Waals surface area contributed by atoms with Crippen molar-refractivity contribution in [3.8, 4) is 0 Å². The van der Waals surface area contributed by atoms with Crippen LogP contribution in [0.1, 0.15) is 17.0 Å². The molecule has 0 aliphatic carbocycles.